The van der Waals surface area contributed by atoms with E-state index in [1.807, 2.05) is 19.9 Å². The van der Waals surface area contributed by atoms with Crippen LogP contribution in [-0.4, -0.2) is 12.4 Å². The van der Waals surface area contributed by atoms with E-state index in [0.717, 1.165) is 59.7 Å². The lowest BCUT2D eigenvalue weighted by Gasteiger charge is -2.38. The van der Waals surface area contributed by atoms with Gasteiger partial charge in [-0.05, 0) is 84.6 Å². The molecule has 0 spiro atoms. The van der Waals surface area contributed by atoms with Crippen molar-refractivity contribution < 1.29 is 35.8 Å². The normalized spacial score (nSPS) is 12.3. The Balaban J connectivity index is 1.72. The van der Waals surface area contributed by atoms with Gasteiger partial charge in [0.05, 0.1) is 0 Å². The van der Waals surface area contributed by atoms with Crippen LogP contribution in [0.4, 0.5) is 26.3 Å². The first-order valence-corrected chi connectivity index (χ1v) is 11.2. The molecule has 2 nitrogen and oxygen atoms in total. The number of aryl methyl sites for hydroxylation is 2. The van der Waals surface area contributed by atoms with Gasteiger partial charge in [0.15, 0.2) is 0 Å². The number of hydrogen-bond donors (Lipinski definition) is 0. The molecule has 0 saturated heterocycles. The van der Waals surface area contributed by atoms with Crippen molar-refractivity contribution in [3.05, 3.63) is 119 Å². The SMILES string of the molecule is Cc1ccc(Oc2ccc(C(c3ccc(Oc4ccccc4)cc3)(C(F)(F)F)C(F)(F)F)cc2)cc1C. The summed E-state index contributed by atoms with van der Waals surface area (Å²) in [5.41, 5.74) is -4.26. The highest BCUT2D eigenvalue weighted by atomic mass is 19.4. The second-order valence-corrected chi connectivity index (χ2v) is 8.56. The van der Waals surface area contributed by atoms with Crippen molar-refractivity contribution >= 4 is 0 Å². The van der Waals surface area contributed by atoms with Crippen LogP contribution in [0.1, 0.15) is 22.3 Å². The van der Waals surface area contributed by atoms with Gasteiger partial charge in [0.25, 0.3) is 0 Å². The summed E-state index contributed by atoms with van der Waals surface area (Å²) in [5.74, 6) is 1.03. The third-order valence-electron chi connectivity index (χ3n) is 6.12. The molecule has 0 aliphatic rings. The van der Waals surface area contributed by atoms with Crippen molar-refractivity contribution in [3.63, 3.8) is 0 Å². The molecule has 0 radical (unpaired) electrons. The molecule has 4 aromatic carbocycles. The summed E-state index contributed by atoms with van der Waals surface area (Å²) in [6, 6.07) is 21.1. The number of alkyl halides is 6. The summed E-state index contributed by atoms with van der Waals surface area (Å²) in [5, 5.41) is 0. The van der Waals surface area contributed by atoms with Gasteiger partial charge in [-0.2, -0.15) is 26.3 Å². The fraction of sp³-hybridized carbons (Fsp3) is 0.172. The smallest absolute Gasteiger partial charge is 0.411 e. The van der Waals surface area contributed by atoms with Crippen LogP contribution in [-0.2, 0) is 5.41 Å². The molecule has 0 unspecified atom stereocenters. The number of benzene rings is 4. The predicted octanol–water partition coefficient (Wildman–Crippen LogP) is 9.30. The third kappa shape index (κ3) is 5.14. The van der Waals surface area contributed by atoms with Crippen molar-refractivity contribution in [1.82, 2.24) is 0 Å². The topological polar surface area (TPSA) is 18.5 Å². The highest BCUT2D eigenvalue weighted by Crippen LogP contribution is 2.56. The summed E-state index contributed by atoms with van der Waals surface area (Å²) < 4.78 is 97.8. The molecule has 0 aliphatic heterocycles. The first kappa shape index (κ1) is 26.1. The quantitative estimate of drug-likeness (QED) is 0.238. The largest absolute Gasteiger partial charge is 0.457 e. The Labute approximate surface area is 210 Å². The van der Waals surface area contributed by atoms with E-state index in [1.54, 1.807) is 42.5 Å². The highest BCUT2D eigenvalue weighted by Gasteiger charge is 2.72. The van der Waals surface area contributed by atoms with Crippen LogP contribution in [0.3, 0.4) is 0 Å². The van der Waals surface area contributed by atoms with Crippen LogP contribution in [0.2, 0.25) is 0 Å². The van der Waals surface area contributed by atoms with Gasteiger partial charge in [0.2, 0.25) is 5.41 Å². The molecular weight excluding hydrogens is 494 g/mol. The summed E-state index contributed by atoms with van der Waals surface area (Å²) in [6.45, 7) is 3.77. The Morgan fingerprint density at radius 2 is 0.865 bits per heavy atom. The summed E-state index contributed by atoms with van der Waals surface area (Å²) in [4.78, 5) is 0. The van der Waals surface area contributed by atoms with Gasteiger partial charge in [-0.15, -0.1) is 0 Å². The van der Waals surface area contributed by atoms with Crippen molar-refractivity contribution in [2.75, 3.05) is 0 Å². The Morgan fingerprint density at radius 3 is 1.30 bits per heavy atom. The van der Waals surface area contributed by atoms with Gasteiger partial charge in [0, 0.05) is 0 Å². The van der Waals surface area contributed by atoms with Gasteiger partial charge in [-0.1, -0.05) is 48.5 Å². The molecule has 0 atom stereocenters. The molecule has 0 fully saturated rings. The lowest BCUT2D eigenvalue weighted by atomic mass is 9.73. The number of halogens is 6. The Kier molecular flexibility index (Phi) is 6.95. The minimum atomic E-state index is -5.69. The van der Waals surface area contributed by atoms with Crippen molar-refractivity contribution in [1.29, 1.82) is 0 Å². The molecule has 0 amide bonds. The molecule has 0 aliphatic carbocycles. The fourth-order valence-electron chi connectivity index (χ4n) is 4.07. The van der Waals surface area contributed by atoms with Crippen LogP contribution in [0.15, 0.2) is 97.1 Å². The predicted molar refractivity (Wildman–Crippen MR) is 128 cm³/mol. The maximum atomic E-state index is 14.4. The summed E-state index contributed by atoms with van der Waals surface area (Å²) in [7, 11) is 0. The van der Waals surface area contributed by atoms with E-state index >= 15 is 0 Å². The van der Waals surface area contributed by atoms with E-state index in [1.165, 1.54) is 0 Å². The van der Waals surface area contributed by atoms with Crippen LogP contribution in [0, 0.1) is 13.8 Å². The molecule has 8 heteroatoms. The number of hydrogen-bond acceptors (Lipinski definition) is 2. The molecule has 0 saturated carbocycles. The second-order valence-electron chi connectivity index (χ2n) is 8.56. The molecule has 0 aromatic heterocycles. The van der Waals surface area contributed by atoms with E-state index in [-0.39, 0.29) is 11.5 Å². The Morgan fingerprint density at radius 1 is 0.459 bits per heavy atom. The molecule has 192 valence electrons. The third-order valence-corrected chi connectivity index (χ3v) is 6.12. The average Bonchev–Trinajstić information content (AvgIpc) is 2.83. The monoisotopic (exact) mass is 516 g/mol. The maximum absolute atomic E-state index is 14.4. The van der Waals surface area contributed by atoms with Crippen LogP contribution < -0.4 is 9.47 Å². The van der Waals surface area contributed by atoms with Crippen LogP contribution in [0.5, 0.6) is 23.0 Å². The zero-order valence-electron chi connectivity index (χ0n) is 19.8. The Hall–Kier alpha value is -3.94. The highest BCUT2D eigenvalue weighted by molar-refractivity contribution is 5.48. The van der Waals surface area contributed by atoms with E-state index in [9.17, 15) is 26.3 Å². The molecule has 4 aromatic rings. The zero-order valence-corrected chi connectivity index (χ0v) is 19.8. The number of para-hydroxylation sites is 1. The maximum Gasteiger partial charge on any atom is 0.411 e. The first-order valence-electron chi connectivity index (χ1n) is 11.2. The zero-order chi connectivity index (χ0) is 26.8. The molecule has 0 bridgehead atoms. The standard InChI is InChI=1S/C29H22F6O2/c1-19-8-13-26(18-20(19)2)37-25-16-11-22(12-17-25)27(28(30,31)32,29(33,34)35)21-9-14-24(15-10-21)36-23-6-4-3-5-7-23/h3-18H,1-2H3. The van der Waals surface area contributed by atoms with Gasteiger partial charge in [-0.3, -0.25) is 0 Å². The molecule has 37 heavy (non-hydrogen) atoms. The second kappa shape index (κ2) is 9.84. The van der Waals surface area contributed by atoms with Gasteiger partial charge in [-0.25, -0.2) is 0 Å². The lowest BCUT2D eigenvalue weighted by Crippen LogP contribution is -2.54. The van der Waals surface area contributed by atoms with E-state index in [2.05, 4.69) is 0 Å². The van der Waals surface area contributed by atoms with Gasteiger partial charge in [0.1, 0.15) is 23.0 Å². The lowest BCUT2D eigenvalue weighted by molar-refractivity contribution is -0.288. The minimum Gasteiger partial charge on any atom is -0.457 e. The first-order chi connectivity index (χ1) is 17.4. The van der Waals surface area contributed by atoms with Gasteiger partial charge < -0.3 is 9.47 Å². The average molecular weight is 516 g/mol. The summed E-state index contributed by atoms with van der Waals surface area (Å²) >= 11 is 0. The Bertz CT molecular complexity index is 1330. The number of ether oxygens (including phenoxy) is 2. The van der Waals surface area contributed by atoms with Crippen molar-refractivity contribution in [3.8, 4) is 23.0 Å². The van der Waals surface area contributed by atoms with E-state index < -0.39 is 28.9 Å². The van der Waals surface area contributed by atoms with Crippen molar-refractivity contribution in [2.24, 2.45) is 0 Å². The summed E-state index contributed by atoms with van der Waals surface area (Å²) in [6.07, 6.45) is -11.4. The molecule has 0 heterocycles. The number of rotatable bonds is 6. The van der Waals surface area contributed by atoms with E-state index in [4.69, 9.17) is 9.47 Å². The van der Waals surface area contributed by atoms with E-state index in [0.29, 0.717) is 11.5 Å². The van der Waals surface area contributed by atoms with Crippen LogP contribution in [0.25, 0.3) is 0 Å². The minimum absolute atomic E-state index is 0.102. The fourth-order valence-corrected chi connectivity index (χ4v) is 4.07. The van der Waals surface area contributed by atoms with Crippen LogP contribution >= 0.6 is 0 Å². The molecular formula is C29H22F6O2. The van der Waals surface area contributed by atoms with Crippen molar-refractivity contribution in [2.45, 2.75) is 31.6 Å². The molecule has 0 N–H and O–H groups in total. The molecule has 4 rings (SSSR count). The van der Waals surface area contributed by atoms with Gasteiger partial charge >= 0.3 is 12.4 Å².